The van der Waals surface area contributed by atoms with E-state index in [1.807, 2.05) is 0 Å². The zero-order valence-electron chi connectivity index (χ0n) is 4.92. The molecule has 5 heteroatoms. The smallest absolute Gasteiger partial charge is 0.292 e. The summed E-state index contributed by atoms with van der Waals surface area (Å²) < 4.78 is 3.86. The maximum Gasteiger partial charge on any atom is 0.292 e. The van der Waals surface area contributed by atoms with Crippen molar-refractivity contribution in [1.29, 1.82) is 5.26 Å². The molecule has 0 heterocycles. The molecule has 0 amide bonds. The first-order valence-electron chi connectivity index (χ1n) is 1.39. The van der Waals surface area contributed by atoms with Crippen LogP contribution in [0.15, 0.2) is 0 Å². The zero-order valence-corrected chi connectivity index (χ0v) is 6.92. The Kier molecular flexibility index (Phi) is 57.6. The van der Waals surface area contributed by atoms with Crippen LogP contribution in [0.2, 0.25) is 0 Å². The third-order valence-electron chi connectivity index (χ3n) is 0.0962. The molecule has 41 valence electrons. The Hall–Kier alpha value is -0.240. The number of nitrogens with two attached hydrogens (primary N) is 1. The van der Waals surface area contributed by atoms with Gasteiger partial charge in [-0.15, -0.1) is 0 Å². The van der Waals surface area contributed by atoms with Crippen molar-refractivity contribution in [3.05, 3.63) is 0 Å². The molecule has 0 atom stereocenters. The first-order valence-corrected chi connectivity index (χ1v) is 1.39. The monoisotopic (exact) mass is 125 g/mol. The van der Waals surface area contributed by atoms with E-state index < -0.39 is 0 Å². The van der Waals surface area contributed by atoms with Crippen molar-refractivity contribution in [1.82, 2.24) is 0 Å². The first kappa shape index (κ1) is 15.7. The Balaban J connectivity index is -0.0000000575. The first-order chi connectivity index (χ1) is 3.33. The van der Waals surface area contributed by atoms with Gasteiger partial charge in [0.1, 0.15) is 0 Å². The van der Waals surface area contributed by atoms with Gasteiger partial charge in [0.15, 0.2) is 6.19 Å². The van der Waals surface area contributed by atoms with Gasteiger partial charge in [0.05, 0.1) is 7.11 Å². The van der Waals surface area contributed by atoms with Gasteiger partial charge in [-0.1, -0.05) is 0 Å². The van der Waals surface area contributed by atoms with Crippen molar-refractivity contribution >= 4 is 36.0 Å². The van der Waals surface area contributed by atoms with E-state index in [4.69, 9.17) is 10.1 Å². The Morgan fingerprint density at radius 2 is 2.00 bits per heavy atom. The number of hydrogen-bond donors (Lipinski definition) is 1. The molecule has 0 spiro atoms. The summed E-state index contributed by atoms with van der Waals surface area (Å²) in [4.78, 5) is 8.95. The molecular formula is C3H6N2NaO2. The molecule has 0 saturated heterocycles. The second-order valence-electron chi connectivity index (χ2n) is 0.461. The Morgan fingerprint density at radius 3 is 2.00 bits per heavy atom. The molecule has 4 nitrogen and oxygen atoms in total. The second-order valence-corrected chi connectivity index (χ2v) is 0.461. The fourth-order valence-corrected chi connectivity index (χ4v) is 0. The third kappa shape index (κ3) is 226. The van der Waals surface area contributed by atoms with Crippen molar-refractivity contribution in [3.63, 3.8) is 0 Å². The minimum Gasteiger partial charge on any atom is -0.471 e. The fourth-order valence-electron chi connectivity index (χ4n) is 0. The van der Waals surface area contributed by atoms with Crippen LogP contribution in [0.3, 0.4) is 0 Å². The number of carbonyl (C=O) groups excluding carboxylic acids is 1. The summed E-state index contributed by atoms with van der Waals surface area (Å²) in [6.07, 6.45) is 1.25. The number of ether oxygens (including phenoxy) is 1. The van der Waals surface area contributed by atoms with E-state index in [1.165, 1.54) is 13.3 Å². The van der Waals surface area contributed by atoms with Gasteiger partial charge in [-0.2, -0.15) is 5.26 Å². The van der Waals surface area contributed by atoms with Crippen molar-refractivity contribution in [2.45, 2.75) is 0 Å². The molecule has 0 aliphatic heterocycles. The summed E-state index contributed by atoms with van der Waals surface area (Å²) >= 11 is 0. The standard InChI is InChI=1S/C2H4O2.CH2N2.Na/c1-4-2-3;2-1-3;/h2H,1H3;2H2;. The van der Waals surface area contributed by atoms with Crippen LogP contribution >= 0.6 is 0 Å². The summed E-state index contributed by atoms with van der Waals surface area (Å²) in [5.41, 5.74) is 4.15. The zero-order chi connectivity index (χ0) is 6.12. The minimum absolute atomic E-state index is 0. The number of nitrogens with zero attached hydrogens (tertiary/aromatic N) is 1. The van der Waals surface area contributed by atoms with E-state index in [-0.39, 0.29) is 29.6 Å². The average Bonchev–Trinajstić information content (AvgIpc) is 1.69. The number of methoxy groups -OCH3 is 1. The summed E-state index contributed by atoms with van der Waals surface area (Å²) in [5, 5.41) is 7.10. The molecular weight excluding hydrogens is 119 g/mol. The van der Waals surface area contributed by atoms with Gasteiger partial charge >= 0.3 is 0 Å². The summed E-state index contributed by atoms with van der Waals surface area (Å²) in [5.74, 6) is 0. The van der Waals surface area contributed by atoms with Crippen LogP contribution in [0.1, 0.15) is 0 Å². The number of carbonyl (C=O) groups is 1. The van der Waals surface area contributed by atoms with E-state index >= 15 is 0 Å². The van der Waals surface area contributed by atoms with Gasteiger partial charge in [-0.3, -0.25) is 4.79 Å². The van der Waals surface area contributed by atoms with Crippen molar-refractivity contribution in [2.24, 2.45) is 5.73 Å². The van der Waals surface area contributed by atoms with Crippen LogP contribution in [0, 0.1) is 11.5 Å². The van der Waals surface area contributed by atoms with Gasteiger partial charge in [0.2, 0.25) is 0 Å². The Bertz CT molecular complexity index is 70.2. The topological polar surface area (TPSA) is 76.1 Å². The molecule has 0 aromatic rings. The van der Waals surface area contributed by atoms with E-state index in [0.29, 0.717) is 6.47 Å². The van der Waals surface area contributed by atoms with E-state index in [9.17, 15) is 0 Å². The fraction of sp³-hybridized carbons (Fsp3) is 0.333. The van der Waals surface area contributed by atoms with Gasteiger partial charge in [-0.25, -0.2) is 0 Å². The second kappa shape index (κ2) is 29.4. The predicted molar refractivity (Wildman–Crippen MR) is 28.6 cm³/mol. The normalized spacial score (nSPS) is 3.50. The molecule has 0 aromatic heterocycles. The van der Waals surface area contributed by atoms with Crippen molar-refractivity contribution < 1.29 is 9.53 Å². The third-order valence-corrected chi connectivity index (χ3v) is 0.0962. The maximum absolute atomic E-state index is 8.95. The van der Waals surface area contributed by atoms with Crippen molar-refractivity contribution in [2.75, 3.05) is 7.11 Å². The van der Waals surface area contributed by atoms with Crippen LogP contribution in [-0.4, -0.2) is 43.1 Å². The van der Waals surface area contributed by atoms with Crippen molar-refractivity contribution in [3.8, 4) is 6.19 Å². The SMILES string of the molecule is COC=O.N#CN.[Na]. The molecule has 1 radical (unpaired) electrons. The predicted octanol–water partition coefficient (Wildman–Crippen LogP) is -1.17. The summed E-state index contributed by atoms with van der Waals surface area (Å²) in [7, 11) is 1.31. The van der Waals surface area contributed by atoms with Crippen LogP contribution in [0.25, 0.3) is 0 Å². The molecule has 0 saturated carbocycles. The van der Waals surface area contributed by atoms with E-state index in [2.05, 4.69) is 10.5 Å². The largest absolute Gasteiger partial charge is 0.471 e. The Morgan fingerprint density at radius 1 is 1.88 bits per heavy atom. The Labute approximate surface area is 69.9 Å². The van der Waals surface area contributed by atoms with Crippen LogP contribution in [0.4, 0.5) is 0 Å². The summed E-state index contributed by atoms with van der Waals surface area (Å²) in [6.45, 7) is 0.375. The molecule has 0 bridgehead atoms. The molecule has 0 aromatic carbocycles. The number of hydrogen-bond acceptors (Lipinski definition) is 4. The quantitative estimate of drug-likeness (QED) is 0.207. The molecule has 0 unspecified atom stereocenters. The summed E-state index contributed by atoms with van der Waals surface area (Å²) in [6, 6.07) is 0. The average molecular weight is 125 g/mol. The number of rotatable bonds is 1. The van der Waals surface area contributed by atoms with Crippen LogP contribution in [0.5, 0.6) is 0 Å². The van der Waals surface area contributed by atoms with Gasteiger partial charge in [-0.05, 0) is 0 Å². The van der Waals surface area contributed by atoms with Gasteiger partial charge < -0.3 is 10.5 Å². The van der Waals surface area contributed by atoms with Gasteiger partial charge in [0, 0.05) is 29.6 Å². The van der Waals surface area contributed by atoms with Crippen LogP contribution in [-0.2, 0) is 9.53 Å². The molecule has 0 fully saturated rings. The number of nitriles is 1. The molecule has 0 aliphatic carbocycles. The molecule has 0 aliphatic rings. The molecule has 8 heavy (non-hydrogen) atoms. The molecule has 2 N–H and O–H groups in total. The van der Waals surface area contributed by atoms with Crippen LogP contribution < -0.4 is 5.73 Å². The maximum atomic E-state index is 8.95. The van der Waals surface area contributed by atoms with E-state index in [1.54, 1.807) is 0 Å². The van der Waals surface area contributed by atoms with E-state index in [0.717, 1.165) is 0 Å². The minimum atomic E-state index is 0. The molecule has 0 rings (SSSR count). The van der Waals surface area contributed by atoms with Gasteiger partial charge in [0.25, 0.3) is 6.47 Å².